The van der Waals surface area contributed by atoms with Crippen LogP contribution in [0.1, 0.15) is 58.5 Å². The van der Waals surface area contributed by atoms with Crippen LogP contribution in [0.5, 0.6) is 0 Å². The number of carbonyl (C=O) groups is 2. The average molecular weight is 553 g/mol. The molecule has 5 N–H and O–H groups in total. The van der Waals surface area contributed by atoms with Crippen LogP contribution < -0.4 is 10.6 Å². The lowest BCUT2D eigenvalue weighted by Crippen LogP contribution is -2.25. The van der Waals surface area contributed by atoms with E-state index in [2.05, 4.69) is 15.2 Å². The molecule has 2 aromatic rings. The molecule has 0 fully saturated rings. The van der Waals surface area contributed by atoms with E-state index in [-0.39, 0.29) is 25.0 Å². The molecule has 0 bridgehead atoms. The predicted octanol–water partition coefficient (Wildman–Crippen LogP) is 3.94. The number of amides is 2. The van der Waals surface area contributed by atoms with Crippen molar-refractivity contribution >= 4 is 40.2 Å². The van der Waals surface area contributed by atoms with Crippen LogP contribution in [0.4, 0.5) is 0 Å². The van der Waals surface area contributed by atoms with Crippen molar-refractivity contribution in [2.45, 2.75) is 32.3 Å². The van der Waals surface area contributed by atoms with E-state index in [0.717, 1.165) is 11.1 Å². The minimum atomic E-state index is -3.59. The standard InChI is InChI=1S/C25H34N2O8P2/c1-19(2)37(32,33)35-18-4-16-27-25(29)23-13-9-21(10-14-23)6-5-20-7-11-22(12-8-20)24(28)26-15-3-17-34-36(30)31/h5-14,19,30-31H,3-4,15-18H2,1-2H3,(H,26,28)(H,27,29)(H,32,33)/b6-5+. The summed E-state index contributed by atoms with van der Waals surface area (Å²) in [7, 11) is -5.96. The predicted molar refractivity (Wildman–Crippen MR) is 144 cm³/mol. The van der Waals surface area contributed by atoms with E-state index in [0.29, 0.717) is 37.1 Å². The maximum Gasteiger partial charge on any atom is 0.330 e. The molecule has 0 saturated carbocycles. The number of rotatable bonds is 15. The zero-order valence-electron chi connectivity index (χ0n) is 20.9. The van der Waals surface area contributed by atoms with Crippen LogP contribution in [0.2, 0.25) is 0 Å². The average Bonchev–Trinajstić information content (AvgIpc) is 2.87. The Balaban J connectivity index is 1.76. The molecule has 37 heavy (non-hydrogen) atoms. The Morgan fingerprint density at radius 3 is 1.70 bits per heavy atom. The SMILES string of the molecule is CC(C)P(=O)(O)OCCCNC(=O)c1ccc(/C=C/c2ccc(C(=O)NCCCOP(O)O)cc2)cc1. The van der Waals surface area contributed by atoms with E-state index in [1.807, 2.05) is 36.4 Å². The highest BCUT2D eigenvalue weighted by Gasteiger charge is 2.23. The van der Waals surface area contributed by atoms with E-state index in [9.17, 15) is 19.0 Å². The van der Waals surface area contributed by atoms with Crippen molar-refractivity contribution in [3.63, 3.8) is 0 Å². The van der Waals surface area contributed by atoms with E-state index >= 15 is 0 Å². The summed E-state index contributed by atoms with van der Waals surface area (Å²) in [6.07, 6.45) is 4.69. The smallest absolute Gasteiger partial charge is 0.330 e. The van der Waals surface area contributed by atoms with Gasteiger partial charge in [0, 0.05) is 24.2 Å². The topological polar surface area (TPSA) is 154 Å². The highest BCUT2D eigenvalue weighted by atomic mass is 31.2. The summed E-state index contributed by atoms with van der Waals surface area (Å²) in [5.74, 6) is -0.462. The Bertz CT molecular complexity index is 1070. The molecular formula is C25H34N2O8P2. The number of hydrogen-bond donors (Lipinski definition) is 5. The van der Waals surface area contributed by atoms with E-state index in [1.165, 1.54) is 0 Å². The molecule has 0 aliphatic carbocycles. The summed E-state index contributed by atoms with van der Waals surface area (Å²) in [5.41, 5.74) is 2.35. The molecule has 1 unspecified atom stereocenters. The summed E-state index contributed by atoms with van der Waals surface area (Å²) >= 11 is 0. The van der Waals surface area contributed by atoms with Gasteiger partial charge in [0.05, 0.1) is 18.9 Å². The molecule has 2 rings (SSSR count). The van der Waals surface area contributed by atoms with Crippen LogP contribution in [0.25, 0.3) is 12.2 Å². The third-order valence-corrected chi connectivity index (χ3v) is 7.43. The van der Waals surface area contributed by atoms with Crippen molar-refractivity contribution in [1.29, 1.82) is 0 Å². The fraction of sp³-hybridized carbons (Fsp3) is 0.360. The molecule has 0 aliphatic heterocycles. The number of carbonyl (C=O) groups excluding carboxylic acids is 2. The van der Waals surface area contributed by atoms with Crippen molar-refractivity contribution in [2.24, 2.45) is 0 Å². The van der Waals surface area contributed by atoms with Gasteiger partial charge >= 0.3 is 16.2 Å². The molecular weight excluding hydrogens is 518 g/mol. The third-order valence-electron chi connectivity index (χ3n) is 5.16. The minimum absolute atomic E-state index is 0.0921. The maximum absolute atomic E-state index is 12.3. The molecule has 0 saturated heterocycles. The van der Waals surface area contributed by atoms with Gasteiger partial charge in [0.25, 0.3) is 11.8 Å². The normalized spacial score (nSPS) is 13.2. The summed E-state index contributed by atoms with van der Waals surface area (Å²) in [5, 5.41) is 5.50. The van der Waals surface area contributed by atoms with Gasteiger partial charge in [-0.15, -0.1) is 0 Å². The second-order valence-corrected chi connectivity index (χ2v) is 11.6. The molecule has 0 radical (unpaired) electrons. The first-order valence-corrected chi connectivity index (χ1v) is 14.6. The fourth-order valence-electron chi connectivity index (χ4n) is 2.93. The molecule has 10 nitrogen and oxygen atoms in total. The van der Waals surface area contributed by atoms with Gasteiger partial charge in [0.15, 0.2) is 0 Å². The summed E-state index contributed by atoms with van der Waals surface area (Å²) < 4.78 is 21.4. The first-order chi connectivity index (χ1) is 17.6. The van der Waals surface area contributed by atoms with E-state index in [1.54, 1.807) is 38.1 Å². The molecule has 12 heteroatoms. The first-order valence-electron chi connectivity index (χ1n) is 11.8. The largest absolute Gasteiger partial charge is 0.352 e. The van der Waals surface area contributed by atoms with Crippen molar-refractivity contribution in [3.05, 3.63) is 70.8 Å². The minimum Gasteiger partial charge on any atom is -0.352 e. The Morgan fingerprint density at radius 1 is 0.865 bits per heavy atom. The molecule has 2 amide bonds. The highest BCUT2D eigenvalue weighted by Crippen LogP contribution is 2.46. The van der Waals surface area contributed by atoms with Gasteiger partial charge < -0.3 is 34.4 Å². The Hall–Kier alpha value is -2.42. The van der Waals surface area contributed by atoms with E-state index < -0.39 is 21.9 Å². The Labute approximate surface area is 218 Å². The molecule has 1 atom stereocenters. The molecule has 2 aromatic carbocycles. The summed E-state index contributed by atoms with van der Waals surface area (Å²) in [6, 6.07) is 14.1. The van der Waals surface area contributed by atoms with Crippen LogP contribution in [0.15, 0.2) is 48.5 Å². The van der Waals surface area contributed by atoms with Gasteiger partial charge in [0.1, 0.15) is 0 Å². The van der Waals surface area contributed by atoms with Crippen LogP contribution in [-0.2, 0) is 13.6 Å². The van der Waals surface area contributed by atoms with Gasteiger partial charge in [-0.25, -0.2) is 0 Å². The molecule has 202 valence electrons. The molecule has 0 spiro atoms. The Kier molecular flexibility index (Phi) is 13.1. The van der Waals surface area contributed by atoms with Gasteiger partial charge in [0.2, 0.25) is 0 Å². The van der Waals surface area contributed by atoms with Crippen LogP contribution in [0, 0.1) is 0 Å². The van der Waals surface area contributed by atoms with Crippen molar-refractivity contribution in [3.8, 4) is 0 Å². The molecule has 0 heterocycles. The quantitative estimate of drug-likeness (QED) is 0.127. The van der Waals surface area contributed by atoms with Gasteiger partial charge in [-0.3, -0.25) is 14.2 Å². The molecule has 0 aromatic heterocycles. The van der Waals surface area contributed by atoms with Crippen molar-refractivity contribution < 1.29 is 37.9 Å². The second kappa shape index (κ2) is 15.7. The van der Waals surface area contributed by atoms with Gasteiger partial charge in [-0.2, -0.15) is 0 Å². The maximum atomic E-state index is 12.3. The summed E-state index contributed by atoms with van der Waals surface area (Å²) in [4.78, 5) is 51.4. The lowest BCUT2D eigenvalue weighted by Gasteiger charge is -2.15. The number of nitrogens with one attached hydrogen (secondary N) is 2. The second-order valence-electron chi connectivity index (χ2n) is 8.37. The lowest BCUT2D eigenvalue weighted by atomic mass is 10.1. The zero-order chi connectivity index (χ0) is 27.3. The monoisotopic (exact) mass is 552 g/mol. The lowest BCUT2D eigenvalue weighted by molar-refractivity contribution is 0.0942. The first kappa shape index (κ1) is 30.8. The van der Waals surface area contributed by atoms with Crippen molar-refractivity contribution in [1.82, 2.24) is 10.6 Å². The van der Waals surface area contributed by atoms with Crippen LogP contribution in [-0.4, -0.2) is 58.5 Å². The Morgan fingerprint density at radius 2 is 1.30 bits per heavy atom. The third kappa shape index (κ3) is 11.7. The fourth-order valence-corrected chi connectivity index (χ4v) is 3.91. The zero-order valence-corrected chi connectivity index (χ0v) is 22.7. The van der Waals surface area contributed by atoms with Crippen LogP contribution >= 0.6 is 16.2 Å². The number of benzene rings is 2. The van der Waals surface area contributed by atoms with Crippen molar-refractivity contribution in [2.75, 3.05) is 26.3 Å². The van der Waals surface area contributed by atoms with Gasteiger partial charge in [-0.05, 0) is 48.2 Å². The van der Waals surface area contributed by atoms with E-state index in [4.69, 9.17) is 14.3 Å². The highest BCUT2D eigenvalue weighted by molar-refractivity contribution is 7.53. The summed E-state index contributed by atoms with van der Waals surface area (Å²) in [6.45, 7) is 4.17. The van der Waals surface area contributed by atoms with Gasteiger partial charge in [-0.1, -0.05) is 50.3 Å². The number of hydrogen-bond acceptors (Lipinski definition) is 7. The van der Waals surface area contributed by atoms with Crippen LogP contribution in [0.3, 0.4) is 0 Å². The molecule has 0 aliphatic rings.